The molecule has 156 valence electrons. The number of rotatable bonds is 6. The second-order valence-electron chi connectivity index (χ2n) is 8.20. The lowest BCUT2D eigenvalue weighted by atomic mass is 10.0. The van der Waals surface area contributed by atoms with Gasteiger partial charge in [0.1, 0.15) is 0 Å². The van der Waals surface area contributed by atoms with Crippen LogP contribution in [0.2, 0.25) is 0 Å². The Balaban J connectivity index is 2.08. The number of carbonyl (C=O) groups is 2. The van der Waals surface area contributed by atoms with Gasteiger partial charge in [0.25, 0.3) is 5.91 Å². The molecule has 6 heteroatoms. The molecule has 1 aromatic carbocycles. The summed E-state index contributed by atoms with van der Waals surface area (Å²) in [6, 6.07) is 9.78. The molecule has 0 aliphatic carbocycles. The van der Waals surface area contributed by atoms with Crippen LogP contribution in [0.15, 0.2) is 36.4 Å². The average molecular weight is 398 g/mol. The van der Waals surface area contributed by atoms with Crippen LogP contribution in [0.5, 0.6) is 0 Å². The van der Waals surface area contributed by atoms with Gasteiger partial charge in [-0.3, -0.25) is 9.48 Å². The Kier molecular flexibility index (Phi) is 7.01. The van der Waals surface area contributed by atoms with Gasteiger partial charge in [0, 0.05) is 36.5 Å². The van der Waals surface area contributed by atoms with Crippen molar-refractivity contribution in [1.29, 1.82) is 0 Å². The van der Waals surface area contributed by atoms with E-state index in [4.69, 9.17) is 4.74 Å². The van der Waals surface area contributed by atoms with E-state index in [1.165, 1.54) is 6.08 Å². The number of benzene rings is 1. The molecule has 0 aliphatic rings. The summed E-state index contributed by atoms with van der Waals surface area (Å²) < 4.78 is 7.15. The summed E-state index contributed by atoms with van der Waals surface area (Å²) in [4.78, 5) is 27.0. The van der Waals surface area contributed by atoms with Crippen molar-refractivity contribution in [2.24, 2.45) is 7.05 Å². The molecule has 0 spiro atoms. The monoisotopic (exact) mass is 397 g/mol. The van der Waals surface area contributed by atoms with Gasteiger partial charge in [-0.1, -0.05) is 30.3 Å². The number of esters is 1. The molecule has 0 saturated carbocycles. The highest BCUT2D eigenvalue weighted by Crippen LogP contribution is 2.20. The molecule has 0 bridgehead atoms. The van der Waals surface area contributed by atoms with E-state index in [1.807, 2.05) is 72.0 Å². The van der Waals surface area contributed by atoms with Crippen molar-refractivity contribution in [1.82, 2.24) is 14.7 Å². The van der Waals surface area contributed by atoms with Crippen molar-refractivity contribution in [3.05, 3.63) is 58.9 Å². The molecule has 0 radical (unpaired) electrons. The first-order valence-electron chi connectivity index (χ1n) is 9.75. The third-order valence-electron chi connectivity index (χ3n) is 4.85. The Hall–Kier alpha value is -2.89. The summed E-state index contributed by atoms with van der Waals surface area (Å²) >= 11 is 0. The third kappa shape index (κ3) is 5.79. The SMILES string of the molecule is Cc1nn(C)c(C)c1/C=C/C(=O)O[C@H](C)C(=O)N(Cc1ccccc1)C(C)(C)C. The summed E-state index contributed by atoms with van der Waals surface area (Å²) in [6.45, 7) is 11.8. The number of nitrogens with zero attached hydrogens (tertiary/aromatic N) is 3. The quantitative estimate of drug-likeness (QED) is 0.549. The largest absolute Gasteiger partial charge is 0.449 e. The number of hydrogen-bond acceptors (Lipinski definition) is 4. The molecule has 1 aromatic heterocycles. The van der Waals surface area contributed by atoms with E-state index in [1.54, 1.807) is 22.6 Å². The summed E-state index contributed by atoms with van der Waals surface area (Å²) in [7, 11) is 1.85. The van der Waals surface area contributed by atoms with Crippen LogP contribution >= 0.6 is 0 Å². The Bertz CT molecular complexity index is 892. The van der Waals surface area contributed by atoms with Gasteiger partial charge >= 0.3 is 5.97 Å². The van der Waals surface area contributed by atoms with Crippen LogP contribution in [0.1, 0.15) is 50.2 Å². The smallest absolute Gasteiger partial charge is 0.331 e. The fraction of sp³-hybridized carbons (Fsp3) is 0.435. The molecule has 1 heterocycles. The van der Waals surface area contributed by atoms with Crippen molar-refractivity contribution in [3.8, 4) is 0 Å². The molecule has 6 nitrogen and oxygen atoms in total. The van der Waals surface area contributed by atoms with Crippen molar-refractivity contribution < 1.29 is 14.3 Å². The normalized spacial score (nSPS) is 12.8. The van der Waals surface area contributed by atoms with Crippen LogP contribution in [0.3, 0.4) is 0 Å². The molecule has 2 aromatic rings. The average Bonchev–Trinajstić information content (AvgIpc) is 2.89. The maximum absolute atomic E-state index is 13.0. The lowest BCUT2D eigenvalue weighted by Crippen LogP contribution is -2.49. The fourth-order valence-corrected chi connectivity index (χ4v) is 3.08. The Morgan fingerprint density at radius 3 is 2.34 bits per heavy atom. The van der Waals surface area contributed by atoms with Gasteiger partial charge in [-0.25, -0.2) is 4.79 Å². The van der Waals surface area contributed by atoms with Gasteiger partial charge in [-0.05, 0) is 53.2 Å². The van der Waals surface area contributed by atoms with E-state index in [0.717, 1.165) is 22.5 Å². The molecule has 1 atom stereocenters. The van der Waals surface area contributed by atoms with E-state index >= 15 is 0 Å². The Morgan fingerprint density at radius 1 is 1.21 bits per heavy atom. The molecular formula is C23H31N3O3. The second-order valence-corrected chi connectivity index (χ2v) is 8.20. The molecule has 29 heavy (non-hydrogen) atoms. The zero-order valence-electron chi connectivity index (χ0n) is 18.4. The van der Waals surface area contributed by atoms with Crippen LogP contribution in [-0.4, -0.2) is 38.2 Å². The highest BCUT2D eigenvalue weighted by molar-refractivity contribution is 5.90. The molecule has 2 rings (SSSR count). The first kappa shape index (κ1) is 22.4. The van der Waals surface area contributed by atoms with Gasteiger partial charge in [0.05, 0.1) is 5.69 Å². The minimum absolute atomic E-state index is 0.225. The van der Waals surface area contributed by atoms with Gasteiger partial charge in [-0.2, -0.15) is 5.10 Å². The topological polar surface area (TPSA) is 64.4 Å². The van der Waals surface area contributed by atoms with Gasteiger partial charge < -0.3 is 9.64 Å². The number of carbonyl (C=O) groups excluding carboxylic acids is 2. The minimum atomic E-state index is -0.883. The van der Waals surface area contributed by atoms with Crippen LogP contribution in [0.4, 0.5) is 0 Å². The Morgan fingerprint density at radius 2 is 1.83 bits per heavy atom. The molecule has 0 fully saturated rings. The fourth-order valence-electron chi connectivity index (χ4n) is 3.08. The number of aryl methyl sites for hydroxylation is 2. The second kappa shape index (κ2) is 9.07. The first-order chi connectivity index (χ1) is 13.5. The van der Waals surface area contributed by atoms with Gasteiger partial charge in [0.2, 0.25) is 0 Å². The summed E-state index contributed by atoms with van der Waals surface area (Å²) in [5.74, 6) is -0.779. The third-order valence-corrected chi connectivity index (χ3v) is 4.85. The van der Waals surface area contributed by atoms with E-state index in [0.29, 0.717) is 6.54 Å². The summed E-state index contributed by atoms with van der Waals surface area (Å²) in [5, 5.41) is 4.32. The molecular weight excluding hydrogens is 366 g/mol. The van der Waals surface area contributed by atoms with E-state index < -0.39 is 17.6 Å². The van der Waals surface area contributed by atoms with Crippen LogP contribution < -0.4 is 0 Å². The number of hydrogen-bond donors (Lipinski definition) is 0. The lowest BCUT2D eigenvalue weighted by Gasteiger charge is -2.37. The van der Waals surface area contributed by atoms with Crippen molar-refractivity contribution in [3.63, 3.8) is 0 Å². The number of aromatic nitrogens is 2. The van der Waals surface area contributed by atoms with Crippen molar-refractivity contribution >= 4 is 18.0 Å². The molecule has 0 N–H and O–H groups in total. The van der Waals surface area contributed by atoms with E-state index in [9.17, 15) is 9.59 Å². The van der Waals surface area contributed by atoms with Crippen molar-refractivity contribution in [2.75, 3.05) is 0 Å². The van der Waals surface area contributed by atoms with Crippen molar-refractivity contribution in [2.45, 2.75) is 59.7 Å². The maximum Gasteiger partial charge on any atom is 0.331 e. The molecule has 0 saturated heterocycles. The molecule has 1 amide bonds. The highest BCUT2D eigenvalue weighted by atomic mass is 16.5. The zero-order chi connectivity index (χ0) is 21.8. The number of amides is 1. The standard InChI is InChI=1S/C23H31N3O3/c1-16-20(17(2)25(7)24-16)13-14-21(27)29-18(3)22(28)26(23(4,5)6)15-19-11-9-8-10-12-19/h8-14,18H,15H2,1-7H3/b14-13+/t18-/m1/s1. The van der Waals surface area contributed by atoms with Gasteiger partial charge in [0.15, 0.2) is 6.10 Å². The number of ether oxygens (including phenoxy) is 1. The minimum Gasteiger partial charge on any atom is -0.449 e. The maximum atomic E-state index is 13.0. The van der Waals surface area contributed by atoms with Crippen LogP contribution in [-0.2, 0) is 27.9 Å². The predicted octanol–water partition coefficient (Wildman–Crippen LogP) is 3.81. The lowest BCUT2D eigenvalue weighted by molar-refractivity contribution is -0.158. The summed E-state index contributed by atoms with van der Waals surface area (Å²) in [5.41, 5.74) is 3.28. The molecule has 0 aliphatic heterocycles. The first-order valence-corrected chi connectivity index (χ1v) is 9.75. The predicted molar refractivity (Wildman–Crippen MR) is 114 cm³/mol. The summed E-state index contributed by atoms with van der Waals surface area (Å²) in [6.07, 6.45) is 2.15. The van der Waals surface area contributed by atoms with E-state index in [-0.39, 0.29) is 5.91 Å². The van der Waals surface area contributed by atoms with Crippen LogP contribution in [0, 0.1) is 13.8 Å². The van der Waals surface area contributed by atoms with Crippen LogP contribution in [0.25, 0.3) is 6.08 Å². The highest BCUT2D eigenvalue weighted by Gasteiger charge is 2.31. The Labute approximate surface area is 173 Å². The molecule has 0 unspecified atom stereocenters. The van der Waals surface area contributed by atoms with E-state index in [2.05, 4.69) is 5.10 Å². The zero-order valence-corrected chi connectivity index (χ0v) is 18.4. The van der Waals surface area contributed by atoms with Gasteiger partial charge in [-0.15, -0.1) is 0 Å².